The fourth-order valence-corrected chi connectivity index (χ4v) is 1.05. The molecule has 0 unspecified atom stereocenters. The quantitative estimate of drug-likeness (QED) is 0.610. The van der Waals surface area contributed by atoms with Gasteiger partial charge in [-0.25, -0.2) is 0 Å². The number of nitrogens with one attached hydrogen (secondary N) is 2. The molecule has 0 aromatic carbocycles. The van der Waals surface area contributed by atoms with E-state index >= 15 is 0 Å². The van der Waals surface area contributed by atoms with Crippen molar-refractivity contribution in [2.75, 3.05) is 13.1 Å². The Labute approximate surface area is 67.8 Å². The van der Waals surface area contributed by atoms with Gasteiger partial charge in [-0.05, 0) is 13.3 Å². The average molecular weight is 153 g/mol. The lowest BCUT2D eigenvalue weighted by atomic mass is 9.98. The molecule has 62 valence electrons. The third-order valence-corrected chi connectivity index (χ3v) is 2.26. The number of nitrogens with zero attached hydrogens (tertiary/aromatic N) is 1. The second-order valence-electron chi connectivity index (χ2n) is 3.30. The van der Waals surface area contributed by atoms with Crippen molar-refractivity contribution >= 4 is 0 Å². The normalized spacial score (nSPS) is 23.4. The summed E-state index contributed by atoms with van der Waals surface area (Å²) in [5.74, 6) is 0. The maximum atomic E-state index is 8.82. The minimum absolute atomic E-state index is 0.327. The van der Waals surface area contributed by atoms with Crippen molar-refractivity contribution in [3.63, 3.8) is 0 Å². The summed E-state index contributed by atoms with van der Waals surface area (Å²) in [5, 5.41) is 15.3. The van der Waals surface area contributed by atoms with Gasteiger partial charge in [-0.1, -0.05) is 6.92 Å². The second-order valence-corrected chi connectivity index (χ2v) is 3.30. The van der Waals surface area contributed by atoms with E-state index in [2.05, 4.69) is 16.7 Å². The molecule has 0 saturated carbocycles. The first-order valence-corrected chi connectivity index (χ1v) is 4.10. The third kappa shape index (κ3) is 1.92. The molecule has 0 spiro atoms. The first kappa shape index (κ1) is 8.51. The summed E-state index contributed by atoms with van der Waals surface area (Å²) in [5.41, 5.74) is -0.327. The summed E-state index contributed by atoms with van der Waals surface area (Å²) < 4.78 is 0. The van der Waals surface area contributed by atoms with E-state index < -0.39 is 0 Å². The molecule has 11 heavy (non-hydrogen) atoms. The van der Waals surface area contributed by atoms with Crippen molar-refractivity contribution in [3.05, 3.63) is 0 Å². The standard InChI is InChI=1S/C8H15N3/c1-3-8(2,6-9)11-7-4-10-5-7/h7,10-11H,3-5H2,1-2H3/t8-/m1/s1. The fourth-order valence-electron chi connectivity index (χ4n) is 1.05. The van der Waals surface area contributed by atoms with Crippen LogP contribution in [0.3, 0.4) is 0 Å². The number of nitriles is 1. The average Bonchev–Trinajstić information content (AvgIpc) is 1.97. The molecule has 1 rings (SSSR count). The minimum Gasteiger partial charge on any atom is -0.314 e. The Bertz CT molecular complexity index is 169. The first-order valence-electron chi connectivity index (χ1n) is 4.10. The highest BCUT2D eigenvalue weighted by Crippen LogP contribution is 2.09. The lowest BCUT2D eigenvalue weighted by Crippen LogP contribution is -2.61. The van der Waals surface area contributed by atoms with Crippen molar-refractivity contribution in [3.8, 4) is 6.07 Å². The molecule has 1 heterocycles. The molecule has 1 fully saturated rings. The Hall–Kier alpha value is -0.590. The second kappa shape index (κ2) is 3.21. The molecule has 1 aliphatic rings. The first-order chi connectivity index (χ1) is 5.20. The maximum absolute atomic E-state index is 8.82. The Morgan fingerprint density at radius 1 is 1.73 bits per heavy atom. The molecule has 1 atom stereocenters. The Balaban J connectivity index is 2.37. The van der Waals surface area contributed by atoms with Crippen molar-refractivity contribution in [2.45, 2.75) is 31.8 Å². The van der Waals surface area contributed by atoms with Crippen LogP contribution in [0.1, 0.15) is 20.3 Å². The molecule has 0 radical (unpaired) electrons. The lowest BCUT2D eigenvalue weighted by Gasteiger charge is -2.34. The van der Waals surface area contributed by atoms with Gasteiger partial charge in [0, 0.05) is 19.1 Å². The molecule has 0 aromatic rings. The smallest absolute Gasteiger partial charge is 0.103 e. The molecule has 3 heteroatoms. The predicted octanol–water partition coefficient (Wildman–Crippen LogP) is 0.240. The summed E-state index contributed by atoms with van der Waals surface area (Å²) in [6, 6.07) is 2.79. The summed E-state index contributed by atoms with van der Waals surface area (Å²) in [7, 11) is 0. The van der Waals surface area contributed by atoms with E-state index in [4.69, 9.17) is 5.26 Å². The predicted molar refractivity (Wildman–Crippen MR) is 44.1 cm³/mol. The van der Waals surface area contributed by atoms with Gasteiger partial charge in [0.1, 0.15) is 5.54 Å². The van der Waals surface area contributed by atoms with Crippen LogP contribution >= 0.6 is 0 Å². The van der Waals surface area contributed by atoms with Crippen LogP contribution in [0, 0.1) is 11.3 Å². The van der Waals surface area contributed by atoms with Gasteiger partial charge in [0.25, 0.3) is 0 Å². The SMILES string of the molecule is CC[C@](C)(C#N)NC1CNC1. The molecule has 0 bridgehead atoms. The summed E-state index contributed by atoms with van der Waals surface area (Å²) in [6.45, 7) is 5.97. The highest BCUT2D eigenvalue weighted by Gasteiger charge is 2.27. The van der Waals surface area contributed by atoms with Gasteiger partial charge in [-0.3, -0.25) is 5.32 Å². The molecular weight excluding hydrogens is 138 g/mol. The molecule has 0 amide bonds. The van der Waals surface area contributed by atoms with E-state index in [0.29, 0.717) is 6.04 Å². The van der Waals surface area contributed by atoms with Gasteiger partial charge >= 0.3 is 0 Å². The van der Waals surface area contributed by atoms with Crippen molar-refractivity contribution in [2.24, 2.45) is 0 Å². The van der Waals surface area contributed by atoms with Crippen LogP contribution in [0.4, 0.5) is 0 Å². The van der Waals surface area contributed by atoms with Crippen molar-refractivity contribution in [1.29, 1.82) is 5.26 Å². The molecular formula is C8H15N3. The minimum atomic E-state index is -0.327. The zero-order valence-electron chi connectivity index (χ0n) is 7.15. The highest BCUT2D eigenvalue weighted by atomic mass is 15.1. The Morgan fingerprint density at radius 3 is 2.64 bits per heavy atom. The number of hydrogen-bond acceptors (Lipinski definition) is 3. The molecule has 2 N–H and O–H groups in total. The lowest BCUT2D eigenvalue weighted by molar-refractivity contribution is 0.293. The van der Waals surface area contributed by atoms with Gasteiger partial charge in [0.05, 0.1) is 6.07 Å². The third-order valence-electron chi connectivity index (χ3n) is 2.26. The van der Waals surface area contributed by atoms with Gasteiger partial charge in [0.15, 0.2) is 0 Å². The summed E-state index contributed by atoms with van der Waals surface area (Å²) in [4.78, 5) is 0. The Morgan fingerprint density at radius 2 is 2.36 bits per heavy atom. The van der Waals surface area contributed by atoms with E-state index in [-0.39, 0.29) is 5.54 Å². The molecule has 0 aliphatic carbocycles. The van der Waals surface area contributed by atoms with Gasteiger partial charge in [0.2, 0.25) is 0 Å². The van der Waals surface area contributed by atoms with Crippen molar-refractivity contribution in [1.82, 2.24) is 10.6 Å². The van der Waals surface area contributed by atoms with E-state index in [1.165, 1.54) is 0 Å². The van der Waals surface area contributed by atoms with Gasteiger partial charge < -0.3 is 5.32 Å². The van der Waals surface area contributed by atoms with Crippen LogP contribution in [0.5, 0.6) is 0 Å². The number of hydrogen-bond donors (Lipinski definition) is 2. The molecule has 1 saturated heterocycles. The van der Waals surface area contributed by atoms with Crippen LogP contribution in [-0.2, 0) is 0 Å². The van der Waals surface area contributed by atoms with E-state index in [1.54, 1.807) is 0 Å². The maximum Gasteiger partial charge on any atom is 0.103 e. The highest BCUT2D eigenvalue weighted by molar-refractivity contribution is 5.05. The van der Waals surface area contributed by atoms with Crippen LogP contribution < -0.4 is 10.6 Å². The monoisotopic (exact) mass is 153 g/mol. The number of rotatable bonds is 3. The van der Waals surface area contributed by atoms with Crippen molar-refractivity contribution < 1.29 is 0 Å². The topological polar surface area (TPSA) is 47.9 Å². The van der Waals surface area contributed by atoms with Gasteiger partial charge in [-0.15, -0.1) is 0 Å². The summed E-state index contributed by atoms with van der Waals surface area (Å²) >= 11 is 0. The van der Waals surface area contributed by atoms with Gasteiger partial charge in [-0.2, -0.15) is 5.26 Å². The van der Waals surface area contributed by atoms with Crippen LogP contribution in [-0.4, -0.2) is 24.7 Å². The zero-order chi connectivity index (χ0) is 8.32. The molecule has 3 nitrogen and oxygen atoms in total. The van der Waals surface area contributed by atoms with E-state index in [1.807, 2.05) is 13.8 Å². The fraction of sp³-hybridized carbons (Fsp3) is 0.875. The van der Waals surface area contributed by atoms with Crippen LogP contribution in [0.2, 0.25) is 0 Å². The largest absolute Gasteiger partial charge is 0.314 e. The molecule has 0 aromatic heterocycles. The Kier molecular flexibility index (Phi) is 2.48. The zero-order valence-corrected chi connectivity index (χ0v) is 7.15. The molecule has 1 aliphatic heterocycles. The summed E-state index contributed by atoms with van der Waals surface area (Å²) in [6.07, 6.45) is 0.861. The van der Waals surface area contributed by atoms with Crippen LogP contribution in [0.25, 0.3) is 0 Å². The van der Waals surface area contributed by atoms with Crippen LogP contribution in [0.15, 0.2) is 0 Å². The van der Waals surface area contributed by atoms with E-state index in [9.17, 15) is 0 Å². The van der Waals surface area contributed by atoms with E-state index in [0.717, 1.165) is 19.5 Å².